The molecule has 2 rings (SSSR count). The van der Waals surface area contributed by atoms with Crippen molar-refractivity contribution in [1.29, 1.82) is 0 Å². The number of H-pyrrole nitrogens is 1. The molecule has 1 atom stereocenters. The molecule has 0 radical (unpaired) electrons. The fraction of sp³-hybridized carbons (Fsp3) is 0.600. The van der Waals surface area contributed by atoms with E-state index in [9.17, 15) is 22.8 Å². The molecular formula is C15H20F3N3O2. The van der Waals surface area contributed by atoms with Crippen molar-refractivity contribution in [2.45, 2.75) is 19.5 Å². The number of nitrogens with zero attached hydrogens (tertiary/aromatic N) is 2. The van der Waals surface area contributed by atoms with Crippen LogP contribution in [0.5, 0.6) is 0 Å². The fourth-order valence-corrected chi connectivity index (χ4v) is 2.82. The first-order valence-corrected chi connectivity index (χ1v) is 7.55. The number of aromatic amines is 1. The summed E-state index contributed by atoms with van der Waals surface area (Å²) < 4.78 is 37.5. The average molecular weight is 331 g/mol. The predicted octanol–water partition coefficient (Wildman–Crippen LogP) is 1.72. The van der Waals surface area contributed by atoms with Crippen molar-refractivity contribution in [1.82, 2.24) is 14.8 Å². The zero-order chi connectivity index (χ0) is 17.0. The summed E-state index contributed by atoms with van der Waals surface area (Å²) in [6.45, 7) is 2.38. The molecule has 1 aromatic heterocycles. The number of alkyl halides is 3. The van der Waals surface area contributed by atoms with E-state index in [4.69, 9.17) is 0 Å². The Bertz CT molecular complexity index is 580. The van der Waals surface area contributed by atoms with Crippen molar-refractivity contribution in [3.63, 3.8) is 0 Å². The number of rotatable bonds is 5. The van der Waals surface area contributed by atoms with Crippen LogP contribution in [0.2, 0.25) is 0 Å². The van der Waals surface area contributed by atoms with Crippen molar-refractivity contribution in [3.05, 3.63) is 34.2 Å². The van der Waals surface area contributed by atoms with E-state index in [1.165, 1.54) is 23.2 Å². The van der Waals surface area contributed by atoms with Gasteiger partial charge in [-0.2, -0.15) is 13.2 Å². The highest BCUT2D eigenvalue weighted by molar-refractivity contribution is 5.94. The molecule has 0 aromatic carbocycles. The van der Waals surface area contributed by atoms with Crippen LogP contribution in [0.25, 0.3) is 0 Å². The predicted molar refractivity (Wildman–Crippen MR) is 79.2 cm³/mol. The topological polar surface area (TPSA) is 56.4 Å². The van der Waals surface area contributed by atoms with Crippen molar-refractivity contribution >= 4 is 5.91 Å². The molecule has 1 amide bonds. The summed E-state index contributed by atoms with van der Waals surface area (Å²) in [6, 6.07) is 2.74. The summed E-state index contributed by atoms with van der Waals surface area (Å²) in [5.41, 5.74) is 0.0967. The average Bonchev–Trinajstić information content (AvgIpc) is 2.93. The van der Waals surface area contributed by atoms with E-state index in [0.717, 1.165) is 0 Å². The molecule has 2 heterocycles. The molecule has 128 valence electrons. The van der Waals surface area contributed by atoms with Crippen LogP contribution < -0.4 is 5.56 Å². The number of pyridine rings is 1. The standard InChI is InChI=1S/C15H20F3N3O2/c1-2-20(10-15(16,17)18)8-11-5-6-21(9-11)14(23)12-3-4-13(22)19-7-12/h3-4,7,11H,2,5-6,8-10H2,1H3,(H,19,22)/t11-/m1/s1. The Kier molecular flexibility index (Phi) is 5.46. The third-order valence-corrected chi connectivity index (χ3v) is 3.97. The number of likely N-dealkylation sites (tertiary alicyclic amines) is 1. The smallest absolute Gasteiger partial charge is 0.338 e. The van der Waals surface area contributed by atoms with Gasteiger partial charge in [0.1, 0.15) is 0 Å². The minimum Gasteiger partial charge on any atom is -0.338 e. The lowest BCUT2D eigenvalue weighted by atomic mass is 10.1. The Labute approximate surface area is 132 Å². The van der Waals surface area contributed by atoms with E-state index < -0.39 is 12.7 Å². The number of halogens is 3. The molecule has 0 spiro atoms. The SMILES string of the molecule is CCN(C[C@H]1CCN(C(=O)c2ccc(=O)[nH]c2)C1)CC(F)(F)F. The minimum absolute atomic E-state index is 0.0315. The Balaban J connectivity index is 1.91. The van der Waals surface area contributed by atoms with E-state index >= 15 is 0 Å². The van der Waals surface area contributed by atoms with E-state index in [-0.39, 0.29) is 17.4 Å². The molecule has 8 heteroatoms. The summed E-state index contributed by atoms with van der Waals surface area (Å²) in [4.78, 5) is 28.7. The number of hydrogen-bond acceptors (Lipinski definition) is 3. The largest absolute Gasteiger partial charge is 0.401 e. The van der Waals surface area contributed by atoms with E-state index in [1.54, 1.807) is 11.8 Å². The van der Waals surface area contributed by atoms with Crippen LogP contribution in [0.4, 0.5) is 13.2 Å². The van der Waals surface area contributed by atoms with Gasteiger partial charge in [0.2, 0.25) is 5.56 Å². The highest BCUT2D eigenvalue weighted by atomic mass is 19.4. The number of amides is 1. The summed E-state index contributed by atoms with van der Waals surface area (Å²) in [6.07, 6.45) is -2.16. The minimum atomic E-state index is -4.21. The van der Waals surface area contributed by atoms with Gasteiger partial charge in [0.05, 0.1) is 12.1 Å². The molecule has 0 bridgehead atoms. The second-order valence-corrected chi connectivity index (χ2v) is 5.79. The maximum absolute atomic E-state index is 12.5. The van der Waals surface area contributed by atoms with Crippen LogP contribution in [0.1, 0.15) is 23.7 Å². The molecule has 5 nitrogen and oxygen atoms in total. The third-order valence-electron chi connectivity index (χ3n) is 3.97. The van der Waals surface area contributed by atoms with E-state index in [2.05, 4.69) is 4.98 Å². The molecule has 0 aliphatic carbocycles. The zero-order valence-corrected chi connectivity index (χ0v) is 12.9. The maximum atomic E-state index is 12.5. The number of nitrogens with one attached hydrogen (secondary N) is 1. The van der Waals surface area contributed by atoms with Gasteiger partial charge in [-0.3, -0.25) is 14.5 Å². The summed E-state index contributed by atoms with van der Waals surface area (Å²) in [5, 5.41) is 0. The Morgan fingerprint density at radius 3 is 2.74 bits per heavy atom. The maximum Gasteiger partial charge on any atom is 0.401 e. The molecule has 1 aliphatic rings. The summed E-state index contributed by atoms with van der Waals surface area (Å²) in [5.74, 6) is -0.174. The molecule has 1 N–H and O–H groups in total. The molecule has 1 aliphatic heterocycles. The number of hydrogen-bond donors (Lipinski definition) is 1. The van der Waals surface area contributed by atoms with Crippen molar-refractivity contribution in [2.24, 2.45) is 5.92 Å². The van der Waals surface area contributed by atoms with Crippen LogP contribution in [-0.4, -0.2) is 59.6 Å². The molecule has 1 fully saturated rings. The molecule has 1 saturated heterocycles. The van der Waals surface area contributed by atoms with Crippen LogP contribution in [0.15, 0.2) is 23.1 Å². The van der Waals surface area contributed by atoms with Gasteiger partial charge in [-0.15, -0.1) is 0 Å². The molecule has 23 heavy (non-hydrogen) atoms. The third kappa shape index (κ3) is 5.09. The second-order valence-electron chi connectivity index (χ2n) is 5.79. The lowest BCUT2D eigenvalue weighted by molar-refractivity contribution is -0.146. The number of carbonyl (C=O) groups is 1. The van der Waals surface area contributed by atoms with Gasteiger partial charge in [-0.1, -0.05) is 6.92 Å². The highest BCUT2D eigenvalue weighted by Crippen LogP contribution is 2.22. The number of carbonyl (C=O) groups excluding carboxylic acids is 1. The second kappa shape index (κ2) is 7.16. The van der Waals surface area contributed by atoms with Crippen molar-refractivity contribution < 1.29 is 18.0 Å². The van der Waals surface area contributed by atoms with Crippen LogP contribution in [0.3, 0.4) is 0 Å². The first-order chi connectivity index (χ1) is 10.8. The van der Waals surface area contributed by atoms with Gasteiger partial charge in [0, 0.05) is 31.9 Å². The van der Waals surface area contributed by atoms with Crippen molar-refractivity contribution in [3.8, 4) is 0 Å². The first kappa shape index (κ1) is 17.5. The van der Waals surface area contributed by atoms with Gasteiger partial charge < -0.3 is 9.88 Å². The van der Waals surface area contributed by atoms with Gasteiger partial charge >= 0.3 is 6.18 Å². The fourth-order valence-electron chi connectivity index (χ4n) is 2.82. The lowest BCUT2D eigenvalue weighted by Gasteiger charge is -2.25. The van der Waals surface area contributed by atoms with Crippen LogP contribution in [-0.2, 0) is 0 Å². The first-order valence-electron chi connectivity index (χ1n) is 7.55. The molecule has 1 aromatic rings. The van der Waals surface area contributed by atoms with Crippen LogP contribution >= 0.6 is 0 Å². The van der Waals surface area contributed by atoms with Crippen LogP contribution in [0, 0.1) is 5.92 Å². The Morgan fingerprint density at radius 2 is 2.17 bits per heavy atom. The van der Waals surface area contributed by atoms with Gasteiger partial charge in [0.15, 0.2) is 0 Å². The van der Waals surface area contributed by atoms with E-state index in [1.807, 2.05) is 0 Å². The number of aromatic nitrogens is 1. The Morgan fingerprint density at radius 1 is 1.43 bits per heavy atom. The summed E-state index contributed by atoms with van der Waals surface area (Å²) >= 11 is 0. The molecular weight excluding hydrogens is 311 g/mol. The molecule has 0 saturated carbocycles. The van der Waals surface area contributed by atoms with Gasteiger partial charge in [-0.25, -0.2) is 0 Å². The quantitative estimate of drug-likeness (QED) is 0.894. The molecule has 0 unspecified atom stereocenters. The highest BCUT2D eigenvalue weighted by Gasteiger charge is 2.33. The lowest BCUT2D eigenvalue weighted by Crippen LogP contribution is -2.38. The van der Waals surface area contributed by atoms with E-state index in [0.29, 0.717) is 38.2 Å². The van der Waals surface area contributed by atoms with Gasteiger partial charge in [-0.05, 0) is 24.9 Å². The van der Waals surface area contributed by atoms with Gasteiger partial charge in [0.25, 0.3) is 5.91 Å². The Hall–Kier alpha value is -1.83. The zero-order valence-electron chi connectivity index (χ0n) is 12.9. The normalized spacial score (nSPS) is 18.7. The monoisotopic (exact) mass is 331 g/mol. The van der Waals surface area contributed by atoms with Crippen molar-refractivity contribution in [2.75, 3.05) is 32.7 Å². The summed E-state index contributed by atoms with van der Waals surface area (Å²) in [7, 11) is 0.